The van der Waals surface area contributed by atoms with Gasteiger partial charge in [0.05, 0.1) is 7.11 Å². The Hall–Kier alpha value is -3.77. The van der Waals surface area contributed by atoms with E-state index in [2.05, 4.69) is 32.1 Å². The van der Waals surface area contributed by atoms with Crippen LogP contribution in [0.5, 0.6) is 5.75 Å². The van der Waals surface area contributed by atoms with Crippen LogP contribution in [0.2, 0.25) is 0 Å². The average Bonchev–Trinajstić information content (AvgIpc) is 3.29. The number of nitrogens with zero attached hydrogens (tertiary/aromatic N) is 5. The maximum Gasteiger partial charge on any atom is 0.273 e. The molecule has 1 aliphatic rings. The van der Waals surface area contributed by atoms with E-state index in [0.717, 1.165) is 48.6 Å². The number of likely N-dealkylation sites (N-methyl/N-ethyl adjacent to an activating group) is 1. The first-order valence-electron chi connectivity index (χ1n) is 11.2. The molecular formula is C24H24F2N6O3S. The summed E-state index contributed by atoms with van der Waals surface area (Å²) >= 11 is 0. The minimum Gasteiger partial charge on any atom is -0.492 e. The molecule has 0 saturated carbocycles. The molecule has 1 N–H and O–H groups in total. The first kappa shape index (κ1) is 23.9. The van der Waals surface area contributed by atoms with Crippen LogP contribution in [-0.4, -0.2) is 67.6 Å². The number of ether oxygens (including phenoxy) is 1. The molecule has 1 saturated heterocycles. The SMILES string of the molecule is COc1c(F)cc(F)cc1S(=O)(=O)n1ccc2cnc(Nc3ccc(N4CCN(C)CC4)cc3)nc21. The van der Waals surface area contributed by atoms with Gasteiger partial charge in [-0.2, -0.15) is 4.98 Å². The topological polar surface area (TPSA) is 92.6 Å². The quantitative estimate of drug-likeness (QED) is 0.418. The van der Waals surface area contributed by atoms with Gasteiger partial charge in [0, 0.05) is 61.4 Å². The Labute approximate surface area is 207 Å². The highest BCUT2D eigenvalue weighted by Gasteiger charge is 2.27. The zero-order valence-electron chi connectivity index (χ0n) is 19.6. The first-order chi connectivity index (χ1) is 17.3. The van der Waals surface area contributed by atoms with Crippen molar-refractivity contribution >= 4 is 38.4 Å². The number of rotatable bonds is 6. The molecule has 0 amide bonds. The van der Waals surface area contributed by atoms with Gasteiger partial charge in [-0.05, 0) is 43.4 Å². The van der Waals surface area contributed by atoms with Crippen LogP contribution in [-0.2, 0) is 10.0 Å². The second kappa shape index (κ2) is 9.36. The lowest BCUT2D eigenvalue weighted by Gasteiger charge is -2.34. The average molecular weight is 515 g/mol. The van der Waals surface area contributed by atoms with Crippen LogP contribution >= 0.6 is 0 Å². The van der Waals surface area contributed by atoms with E-state index in [9.17, 15) is 17.2 Å². The van der Waals surface area contributed by atoms with Gasteiger partial charge < -0.3 is 19.9 Å². The van der Waals surface area contributed by atoms with Gasteiger partial charge in [0.2, 0.25) is 5.95 Å². The fourth-order valence-electron chi connectivity index (χ4n) is 4.13. The van der Waals surface area contributed by atoms with Crippen molar-refractivity contribution in [1.82, 2.24) is 18.8 Å². The van der Waals surface area contributed by atoms with E-state index >= 15 is 0 Å². The standard InChI is InChI=1S/C24H24F2N6O3S/c1-30-9-11-31(12-10-30)19-5-3-18(4-6-19)28-24-27-15-16-7-8-32(23(16)29-24)36(33,34)21-14-17(25)13-20(26)22(21)35-2/h3-8,13-15H,9-12H2,1-2H3,(H,27,28,29). The van der Waals surface area contributed by atoms with Gasteiger partial charge in [-0.15, -0.1) is 0 Å². The highest BCUT2D eigenvalue weighted by molar-refractivity contribution is 7.90. The number of hydrogen-bond donors (Lipinski definition) is 1. The molecule has 0 atom stereocenters. The Morgan fingerprint density at radius 1 is 1.03 bits per heavy atom. The molecule has 0 unspecified atom stereocenters. The third-order valence-corrected chi connectivity index (χ3v) is 7.77. The summed E-state index contributed by atoms with van der Waals surface area (Å²) < 4.78 is 60.5. The number of piperazine rings is 1. The fourth-order valence-corrected chi connectivity index (χ4v) is 5.61. The lowest BCUT2D eigenvalue weighted by atomic mass is 10.2. The number of fused-ring (bicyclic) bond motifs is 1. The molecule has 5 rings (SSSR count). The lowest BCUT2D eigenvalue weighted by molar-refractivity contribution is 0.313. The van der Waals surface area contributed by atoms with E-state index in [1.54, 1.807) is 0 Å². The Morgan fingerprint density at radius 2 is 1.75 bits per heavy atom. The van der Waals surface area contributed by atoms with E-state index in [-0.39, 0.29) is 11.6 Å². The number of nitrogens with one attached hydrogen (secondary N) is 1. The molecule has 188 valence electrons. The summed E-state index contributed by atoms with van der Waals surface area (Å²) in [6.45, 7) is 3.91. The van der Waals surface area contributed by atoms with Gasteiger partial charge in [-0.3, -0.25) is 0 Å². The molecule has 12 heteroatoms. The minimum absolute atomic E-state index is 0.0493. The van der Waals surface area contributed by atoms with Crippen LogP contribution in [0.25, 0.3) is 11.0 Å². The number of anilines is 3. The molecule has 0 radical (unpaired) electrons. The zero-order valence-corrected chi connectivity index (χ0v) is 20.5. The predicted octanol–water partition coefficient (Wildman–Crippen LogP) is 3.45. The Kier molecular flexibility index (Phi) is 6.22. The number of hydrogen-bond acceptors (Lipinski definition) is 8. The van der Waals surface area contributed by atoms with Crippen molar-refractivity contribution in [3.63, 3.8) is 0 Å². The molecule has 3 heterocycles. The third kappa shape index (κ3) is 4.44. The summed E-state index contributed by atoms with van der Waals surface area (Å²) in [6, 6.07) is 10.6. The summed E-state index contributed by atoms with van der Waals surface area (Å²) in [5.41, 5.74) is 1.89. The van der Waals surface area contributed by atoms with Gasteiger partial charge >= 0.3 is 0 Å². The van der Waals surface area contributed by atoms with Crippen molar-refractivity contribution < 1.29 is 21.9 Å². The molecule has 2 aromatic heterocycles. The summed E-state index contributed by atoms with van der Waals surface area (Å²) in [5.74, 6) is -2.57. The maximum absolute atomic E-state index is 14.2. The molecule has 4 aromatic rings. The number of aromatic nitrogens is 3. The highest BCUT2D eigenvalue weighted by Crippen LogP contribution is 2.31. The molecular weight excluding hydrogens is 490 g/mol. The largest absolute Gasteiger partial charge is 0.492 e. The van der Waals surface area contributed by atoms with Crippen molar-refractivity contribution in [1.29, 1.82) is 0 Å². The summed E-state index contributed by atoms with van der Waals surface area (Å²) in [7, 11) is -1.22. The molecule has 1 aliphatic heterocycles. The van der Waals surface area contributed by atoms with E-state index in [1.165, 1.54) is 18.5 Å². The first-order valence-corrected chi connectivity index (χ1v) is 12.6. The predicted molar refractivity (Wildman–Crippen MR) is 132 cm³/mol. The second-order valence-electron chi connectivity index (χ2n) is 8.47. The minimum atomic E-state index is -4.44. The summed E-state index contributed by atoms with van der Waals surface area (Å²) in [5, 5.41) is 3.52. The van der Waals surface area contributed by atoms with Crippen LogP contribution in [0, 0.1) is 11.6 Å². The van der Waals surface area contributed by atoms with Crippen molar-refractivity contribution in [2.45, 2.75) is 4.90 Å². The van der Waals surface area contributed by atoms with Crippen molar-refractivity contribution in [2.24, 2.45) is 0 Å². The summed E-state index contributed by atoms with van der Waals surface area (Å²) in [4.78, 5) is 12.6. The molecule has 1 fully saturated rings. The van der Waals surface area contributed by atoms with Crippen LogP contribution in [0.3, 0.4) is 0 Å². The molecule has 0 bridgehead atoms. The van der Waals surface area contributed by atoms with Crippen LogP contribution in [0.1, 0.15) is 0 Å². The van der Waals surface area contributed by atoms with Crippen LogP contribution < -0.4 is 15.0 Å². The second-order valence-corrected chi connectivity index (χ2v) is 10.3. The molecule has 0 spiro atoms. The van der Waals surface area contributed by atoms with Gasteiger partial charge in [0.25, 0.3) is 10.0 Å². The lowest BCUT2D eigenvalue weighted by Crippen LogP contribution is -2.44. The Balaban J connectivity index is 1.44. The normalized spacial score (nSPS) is 14.8. The van der Waals surface area contributed by atoms with Gasteiger partial charge in [0.1, 0.15) is 10.7 Å². The fraction of sp³-hybridized carbons (Fsp3) is 0.250. The Morgan fingerprint density at radius 3 is 2.44 bits per heavy atom. The van der Waals surface area contributed by atoms with Gasteiger partial charge in [-0.1, -0.05) is 0 Å². The highest BCUT2D eigenvalue weighted by atomic mass is 32.2. The van der Waals surface area contributed by atoms with E-state index < -0.39 is 32.3 Å². The van der Waals surface area contributed by atoms with Gasteiger partial charge in [0.15, 0.2) is 17.2 Å². The third-order valence-electron chi connectivity index (χ3n) is 6.10. The number of halogens is 2. The monoisotopic (exact) mass is 514 g/mol. The molecule has 0 aliphatic carbocycles. The number of methoxy groups -OCH3 is 1. The molecule has 36 heavy (non-hydrogen) atoms. The van der Waals surface area contributed by atoms with E-state index in [0.29, 0.717) is 17.5 Å². The van der Waals surface area contributed by atoms with Crippen molar-refractivity contribution in [3.05, 3.63) is 66.5 Å². The van der Waals surface area contributed by atoms with Crippen LogP contribution in [0.15, 0.2) is 59.8 Å². The molecule has 9 nitrogen and oxygen atoms in total. The van der Waals surface area contributed by atoms with E-state index in [4.69, 9.17) is 4.74 Å². The molecule has 2 aromatic carbocycles. The van der Waals surface area contributed by atoms with Crippen LogP contribution in [0.4, 0.5) is 26.1 Å². The van der Waals surface area contributed by atoms with Gasteiger partial charge in [-0.25, -0.2) is 26.2 Å². The number of benzene rings is 2. The van der Waals surface area contributed by atoms with Crippen molar-refractivity contribution in [2.75, 3.05) is 50.6 Å². The van der Waals surface area contributed by atoms with E-state index in [1.807, 2.05) is 24.3 Å². The Bertz CT molecular complexity index is 1520. The zero-order chi connectivity index (χ0) is 25.4. The van der Waals surface area contributed by atoms with Crippen molar-refractivity contribution in [3.8, 4) is 5.75 Å². The smallest absolute Gasteiger partial charge is 0.273 e. The maximum atomic E-state index is 14.2. The summed E-state index contributed by atoms with van der Waals surface area (Å²) in [6.07, 6.45) is 2.73.